The van der Waals surface area contributed by atoms with E-state index in [0.717, 1.165) is 0 Å². The minimum atomic E-state index is -2.29. The van der Waals surface area contributed by atoms with Crippen molar-refractivity contribution in [2.75, 3.05) is 0 Å². The molecule has 0 unspecified atom stereocenters. The van der Waals surface area contributed by atoms with Gasteiger partial charge in [-0.25, -0.2) is 26.7 Å². The molecule has 3 nitrogen and oxygen atoms in total. The van der Waals surface area contributed by atoms with Crippen molar-refractivity contribution >= 4 is 35.4 Å². The maximum Gasteiger partial charge on any atom is 0.339 e. The van der Waals surface area contributed by atoms with Crippen LogP contribution in [0.1, 0.15) is 19.4 Å². The Morgan fingerprint density at radius 1 is 1.04 bits per heavy atom. The summed E-state index contributed by atoms with van der Waals surface area (Å²) in [6.07, 6.45) is 1.67. The Balaban J connectivity index is 2.15. The van der Waals surface area contributed by atoms with E-state index in [9.17, 15) is 26.7 Å². The molecule has 1 saturated carbocycles. The van der Waals surface area contributed by atoms with Gasteiger partial charge in [0.05, 0.1) is 17.7 Å². The second kappa shape index (κ2) is 6.92. The Bertz CT molecular complexity index is 762. The van der Waals surface area contributed by atoms with Gasteiger partial charge in [-0.2, -0.15) is 0 Å². The summed E-state index contributed by atoms with van der Waals surface area (Å²) >= 11 is 11.1. The van der Waals surface area contributed by atoms with E-state index in [1.165, 1.54) is 6.08 Å². The summed E-state index contributed by atoms with van der Waals surface area (Å²) in [5.74, 6) is -12.6. The van der Waals surface area contributed by atoms with Gasteiger partial charge in [0, 0.05) is 0 Å². The van der Waals surface area contributed by atoms with E-state index >= 15 is 0 Å². The van der Waals surface area contributed by atoms with Gasteiger partial charge >= 0.3 is 5.97 Å². The third-order valence-corrected chi connectivity index (χ3v) is 4.29. The van der Waals surface area contributed by atoms with E-state index < -0.39 is 52.0 Å². The lowest BCUT2D eigenvalue weighted by Crippen LogP contribution is -2.09. The van der Waals surface area contributed by atoms with Gasteiger partial charge in [0.25, 0.3) is 0 Å². The summed E-state index contributed by atoms with van der Waals surface area (Å²) in [4.78, 5) is 16.4. The monoisotopic (exact) mass is 401 g/mol. The zero-order valence-electron chi connectivity index (χ0n) is 12.7. The molecule has 2 rings (SSSR count). The Hall–Kier alpha value is -1.67. The molecule has 0 aliphatic heterocycles. The first-order valence-electron chi connectivity index (χ1n) is 6.78. The number of oxime groups is 1. The van der Waals surface area contributed by atoms with Crippen LogP contribution in [0, 0.1) is 46.3 Å². The van der Waals surface area contributed by atoms with Crippen molar-refractivity contribution in [3.8, 4) is 0 Å². The van der Waals surface area contributed by atoms with Crippen molar-refractivity contribution in [3.05, 3.63) is 45.2 Å². The van der Waals surface area contributed by atoms with Crippen molar-refractivity contribution < 1.29 is 31.6 Å². The summed E-state index contributed by atoms with van der Waals surface area (Å²) in [6, 6.07) is 0. The van der Waals surface area contributed by atoms with Crippen LogP contribution in [-0.2, 0) is 9.63 Å². The van der Waals surface area contributed by atoms with E-state index in [1.54, 1.807) is 13.8 Å². The molecule has 1 fully saturated rings. The van der Waals surface area contributed by atoms with Crippen LogP contribution in [0.5, 0.6) is 0 Å². The minimum absolute atomic E-state index is 0.0433. The third kappa shape index (κ3) is 3.64. The van der Waals surface area contributed by atoms with E-state index in [2.05, 4.69) is 9.99 Å². The first-order valence-corrected chi connectivity index (χ1v) is 7.54. The van der Waals surface area contributed by atoms with Gasteiger partial charge in [0.15, 0.2) is 23.3 Å². The number of carbonyl (C=O) groups is 1. The van der Waals surface area contributed by atoms with Gasteiger partial charge in [-0.3, -0.25) is 0 Å². The van der Waals surface area contributed by atoms with Crippen molar-refractivity contribution in [3.63, 3.8) is 0 Å². The van der Waals surface area contributed by atoms with Crippen LogP contribution >= 0.6 is 23.2 Å². The molecule has 0 spiro atoms. The third-order valence-electron chi connectivity index (χ3n) is 4.04. The summed E-state index contributed by atoms with van der Waals surface area (Å²) in [7, 11) is 0. The predicted molar refractivity (Wildman–Crippen MR) is 80.5 cm³/mol. The highest BCUT2D eigenvalue weighted by Crippen LogP contribution is 2.60. The average Bonchev–Trinajstić information content (AvgIpc) is 3.06. The number of hydrogen-bond donors (Lipinski definition) is 0. The van der Waals surface area contributed by atoms with Crippen LogP contribution in [-0.4, -0.2) is 12.2 Å². The number of hydrogen-bond acceptors (Lipinski definition) is 3. The fourth-order valence-electron chi connectivity index (χ4n) is 2.50. The fraction of sp³-hybridized carbons (Fsp3) is 0.333. The molecule has 0 N–H and O–H groups in total. The van der Waals surface area contributed by atoms with Gasteiger partial charge in [-0.1, -0.05) is 42.2 Å². The topological polar surface area (TPSA) is 38.7 Å². The van der Waals surface area contributed by atoms with E-state index in [1.807, 2.05) is 0 Å². The highest BCUT2D eigenvalue weighted by Gasteiger charge is 2.62. The van der Waals surface area contributed by atoms with Crippen molar-refractivity contribution in [1.82, 2.24) is 0 Å². The van der Waals surface area contributed by atoms with Gasteiger partial charge in [0.2, 0.25) is 5.82 Å². The maximum absolute atomic E-state index is 13.4. The molecule has 136 valence electrons. The molecule has 0 saturated heterocycles. The normalized spacial score (nSPS) is 21.3. The molecular formula is C15H10Cl2F5NO2. The minimum Gasteiger partial charge on any atom is -0.318 e. The van der Waals surface area contributed by atoms with Gasteiger partial charge in [-0.15, -0.1) is 0 Å². The smallest absolute Gasteiger partial charge is 0.318 e. The second-order valence-electron chi connectivity index (χ2n) is 5.91. The van der Waals surface area contributed by atoms with Crippen LogP contribution in [0.15, 0.2) is 15.7 Å². The molecule has 1 aromatic rings. The van der Waals surface area contributed by atoms with Crippen molar-refractivity contribution in [2.45, 2.75) is 13.8 Å². The first-order chi connectivity index (χ1) is 11.5. The number of carbonyl (C=O) groups excluding carboxylic acids is 1. The SMILES string of the molecule is CC1(C)[C@@H](C=C(Cl)Cl)[C@@H]1C(=O)O/N=C\c1c(F)c(F)c(F)c(F)c1F. The Kier molecular flexibility index (Phi) is 5.44. The van der Waals surface area contributed by atoms with Crippen LogP contribution in [0.25, 0.3) is 0 Å². The molecule has 0 heterocycles. The highest BCUT2D eigenvalue weighted by molar-refractivity contribution is 6.55. The predicted octanol–water partition coefficient (Wildman–Crippen LogP) is 4.85. The van der Waals surface area contributed by atoms with Crippen LogP contribution < -0.4 is 0 Å². The summed E-state index contributed by atoms with van der Waals surface area (Å²) in [6.45, 7) is 3.45. The first kappa shape index (κ1) is 19.7. The molecule has 1 aromatic carbocycles. The molecule has 25 heavy (non-hydrogen) atoms. The van der Waals surface area contributed by atoms with Crippen LogP contribution in [0.3, 0.4) is 0 Å². The number of halogens is 7. The molecule has 0 bridgehead atoms. The second-order valence-corrected chi connectivity index (χ2v) is 6.92. The fourth-order valence-corrected chi connectivity index (χ4v) is 2.77. The lowest BCUT2D eigenvalue weighted by atomic mass is 10.1. The largest absolute Gasteiger partial charge is 0.339 e. The Morgan fingerprint density at radius 2 is 1.52 bits per heavy atom. The summed E-state index contributed by atoms with van der Waals surface area (Å²) < 4.78 is 65.8. The van der Waals surface area contributed by atoms with Crippen LogP contribution in [0.4, 0.5) is 22.0 Å². The Morgan fingerprint density at radius 3 is 2.00 bits per heavy atom. The Labute approximate surface area is 149 Å². The molecule has 2 atom stereocenters. The standard InChI is InChI=1S/C15H10Cl2F5NO2/c1-15(2)6(3-7(16)17)8(15)14(24)25-23-4-5-9(18)11(20)13(22)12(21)10(5)19/h3-4,6,8H,1-2H3/b23-4-/t6-,8+/m0/s1. The number of benzene rings is 1. The zero-order valence-corrected chi connectivity index (χ0v) is 14.2. The zero-order chi connectivity index (χ0) is 19.1. The molecule has 0 amide bonds. The van der Waals surface area contributed by atoms with Gasteiger partial charge in [0.1, 0.15) is 4.49 Å². The maximum atomic E-state index is 13.4. The molecule has 1 aliphatic carbocycles. The van der Waals surface area contributed by atoms with E-state index in [0.29, 0.717) is 0 Å². The van der Waals surface area contributed by atoms with Crippen molar-refractivity contribution in [1.29, 1.82) is 0 Å². The summed E-state index contributed by atoms with van der Waals surface area (Å²) in [5.41, 5.74) is -1.86. The average molecular weight is 402 g/mol. The molecular weight excluding hydrogens is 392 g/mol. The van der Waals surface area contributed by atoms with Gasteiger partial charge < -0.3 is 4.84 Å². The number of rotatable bonds is 4. The molecule has 10 heteroatoms. The number of allylic oxidation sites excluding steroid dienone is 1. The lowest BCUT2D eigenvalue weighted by molar-refractivity contribution is -0.146. The molecule has 0 radical (unpaired) electrons. The van der Waals surface area contributed by atoms with E-state index in [4.69, 9.17) is 23.2 Å². The quantitative estimate of drug-likeness (QED) is 0.180. The van der Waals surface area contributed by atoms with Gasteiger partial charge in [-0.05, 0) is 17.4 Å². The molecule has 1 aliphatic rings. The summed E-state index contributed by atoms with van der Waals surface area (Å²) in [5, 5.41) is 3.02. The van der Waals surface area contributed by atoms with E-state index in [-0.39, 0.29) is 16.6 Å². The molecule has 0 aromatic heterocycles. The number of nitrogens with zero attached hydrogens (tertiary/aromatic N) is 1. The van der Waals surface area contributed by atoms with Crippen molar-refractivity contribution in [2.24, 2.45) is 22.4 Å². The highest BCUT2D eigenvalue weighted by atomic mass is 35.5. The van der Waals surface area contributed by atoms with Crippen LogP contribution in [0.2, 0.25) is 0 Å². The lowest BCUT2D eigenvalue weighted by Gasteiger charge is -2.03.